The maximum Gasteiger partial charge on any atom is 0.265 e. The summed E-state index contributed by atoms with van der Waals surface area (Å²) in [7, 11) is 1.22. The van der Waals surface area contributed by atoms with Gasteiger partial charge in [0.25, 0.3) is 9.05 Å². The fourth-order valence-corrected chi connectivity index (χ4v) is 2.38. The van der Waals surface area contributed by atoms with E-state index in [0.29, 0.717) is 0 Å². The highest BCUT2D eigenvalue weighted by Gasteiger charge is 2.19. The van der Waals surface area contributed by atoms with Crippen LogP contribution in [0, 0.1) is 5.82 Å². The van der Waals surface area contributed by atoms with Gasteiger partial charge in [0.2, 0.25) is 0 Å². The summed E-state index contributed by atoms with van der Waals surface area (Å²) in [6.45, 7) is 3.85. The first-order valence-electron chi connectivity index (χ1n) is 5.29. The summed E-state index contributed by atoms with van der Waals surface area (Å²) >= 11 is 0. The molecule has 1 aromatic rings. The van der Waals surface area contributed by atoms with Crippen molar-refractivity contribution in [1.29, 1.82) is 0 Å². The Hall–Kier alpha value is -0.810. The Balaban J connectivity index is 3.16. The average Bonchev–Trinajstić information content (AvgIpc) is 2.26. The van der Waals surface area contributed by atoms with Crippen molar-refractivity contribution in [2.75, 3.05) is 0 Å². The van der Waals surface area contributed by atoms with Crippen molar-refractivity contribution >= 4 is 19.7 Å². The van der Waals surface area contributed by atoms with E-state index in [-0.39, 0.29) is 16.7 Å². The molecule has 0 aliphatic heterocycles. The van der Waals surface area contributed by atoms with E-state index >= 15 is 0 Å². The Morgan fingerprint density at radius 1 is 1.35 bits per heavy atom. The topological polar surface area (TPSA) is 43.4 Å². The van der Waals surface area contributed by atoms with Crippen LogP contribution in [0.15, 0.2) is 23.1 Å². The second-order valence-electron chi connectivity index (χ2n) is 3.59. The molecule has 0 fully saturated rings. The van der Waals surface area contributed by atoms with Gasteiger partial charge in [-0.2, -0.15) is 0 Å². The number of ether oxygens (including phenoxy) is 1. The Morgan fingerprint density at radius 2 is 1.94 bits per heavy atom. The summed E-state index contributed by atoms with van der Waals surface area (Å²) in [5.74, 6) is -0.573. The lowest BCUT2D eigenvalue weighted by atomic mass is 10.2. The smallest absolute Gasteiger partial charge is 0.265 e. The van der Waals surface area contributed by atoms with Crippen molar-refractivity contribution in [1.82, 2.24) is 0 Å². The number of hydrogen-bond acceptors (Lipinski definition) is 3. The third-order valence-corrected chi connectivity index (χ3v) is 3.72. The first kappa shape index (κ1) is 14.3. The molecule has 0 spiro atoms. The summed E-state index contributed by atoms with van der Waals surface area (Å²) in [4.78, 5) is -0.328. The first-order valence-corrected chi connectivity index (χ1v) is 7.60. The second kappa shape index (κ2) is 5.69. The van der Waals surface area contributed by atoms with Crippen LogP contribution in [0.1, 0.15) is 26.7 Å². The lowest BCUT2D eigenvalue weighted by Gasteiger charge is -2.17. The normalized spacial score (nSPS) is 11.8. The summed E-state index contributed by atoms with van der Waals surface area (Å²) in [6, 6.07) is 3.28. The maximum absolute atomic E-state index is 13.0. The van der Waals surface area contributed by atoms with Crippen molar-refractivity contribution in [2.24, 2.45) is 0 Å². The Kier molecular flexibility index (Phi) is 4.77. The summed E-state index contributed by atoms with van der Waals surface area (Å²) in [5, 5.41) is 0. The van der Waals surface area contributed by atoms with Gasteiger partial charge in [0, 0.05) is 10.7 Å². The highest BCUT2D eigenvalue weighted by atomic mass is 35.7. The molecule has 0 radical (unpaired) electrons. The van der Waals surface area contributed by atoms with E-state index in [1.807, 2.05) is 13.8 Å². The molecule has 0 aliphatic rings. The maximum atomic E-state index is 13.0. The molecule has 0 aromatic heterocycles. The predicted molar refractivity (Wildman–Crippen MR) is 64.4 cm³/mol. The van der Waals surface area contributed by atoms with Gasteiger partial charge in [-0.05, 0) is 31.0 Å². The number of hydrogen-bond donors (Lipinski definition) is 0. The lowest BCUT2D eigenvalue weighted by molar-refractivity contribution is 0.187. The number of halogens is 2. The van der Waals surface area contributed by atoms with Gasteiger partial charge >= 0.3 is 0 Å². The second-order valence-corrected chi connectivity index (χ2v) is 6.12. The van der Waals surface area contributed by atoms with Crippen LogP contribution in [0.4, 0.5) is 4.39 Å². The largest absolute Gasteiger partial charge is 0.489 e. The van der Waals surface area contributed by atoms with Crippen molar-refractivity contribution in [3.63, 3.8) is 0 Å². The van der Waals surface area contributed by atoms with E-state index in [2.05, 4.69) is 0 Å². The standard InChI is InChI=1S/C11H14ClFO3S/c1-3-9(4-2)16-10-6-5-8(13)7-11(10)17(12,14)15/h5-7,9H,3-4H2,1-2H3. The van der Waals surface area contributed by atoms with Crippen LogP contribution >= 0.6 is 10.7 Å². The molecule has 17 heavy (non-hydrogen) atoms. The van der Waals surface area contributed by atoms with Crippen molar-refractivity contribution < 1.29 is 17.5 Å². The summed E-state index contributed by atoms with van der Waals surface area (Å²) < 4.78 is 41.1. The molecule has 0 saturated heterocycles. The van der Waals surface area contributed by atoms with E-state index < -0.39 is 14.9 Å². The molecule has 0 atom stereocenters. The van der Waals surface area contributed by atoms with Gasteiger partial charge in [-0.25, -0.2) is 12.8 Å². The highest BCUT2D eigenvalue weighted by Crippen LogP contribution is 2.29. The molecule has 0 amide bonds. The van der Waals surface area contributed by atoms with Gasteiger partial charge < -0.3 is 4.74 Å². The van der Waals surface area contributed by atoms with Gasteiger partial charge in [-0.1, -0.05) is 13.8 Å². The molecule has 0 bridgehead atoms. The quantitative estimate of drug-likeness (QED) is 0.777. The minimum Gasteiger partial charge on any atom is -0.489 e. The third kappa shape index (κ3) is 3.85. The minimum atomic E-state index is -4.01. The van der Waals surface area contributed by atoms with Crippen LogP contribution in [-0.2, 0) is 9.05 Å². The SMILES string of the molecule is CCC(CC)Oc1ccc(F)cc1S(=O)(=O)Cl. The van der Waals surface area contributed by atoms with Crippen LogP contribution in [-0.4, -0.2) is 14.5 Å². The lowest BCUT2D eigenvalue weighted by Crippen LogP contribution is -2.15. The first-order chi connectivity index (χ1) is 7.88. The highest BCUT2D eigenvalue weighted by molar-refractivity contribution is 8.13. The Bertz CT molecular complexity index is 483. The van der Waals surface area contributed by atoms with E-state index in [4.69, 9.17) is 15.4 Å². The molecule has 1 rings (SSSR count). The fraction of sp³-hybridized carbons (Fsp3) is 0.455. The average molecular weight is 281 g/mol. The van der Waals surface area contributed by atoms with E-state index in [0.717, 1.165) is 25.0 Å². The van der Waals surface area contributed by atoms with Gasteiger partial charge in [0.05, 0.1) is 6.10 Å². The summed E-state index contributed by atoms with van der Waals surface area (Å²) in [6.07, 6.45) is 1.35. The molecule has 96 valence electrons. The summed E-state index contributed by atoms with van der Waals surface area (Å²) in [5.41, 5.74) is 0. The molecule has 1 aromatic carbocycles. The molecule has 0 saturated carbocycles. The molecular formula is C11H14ClFO3S. The van der Waals surface area contributed by atoms with Gasteiger partial charge in [-0.15, -0.1) is 0 Å². The van der Waals surface area contributed by atoms with Crippen LogP contribution in [0.3, 0.4) is 0 Å². The zero-order valence-corrected chi connectivity index (χ0v) is 11.2. The number of benzene rings is 1. The zero-order valence-electron chi connectivity index (χ0n) is 9.61. The van der Waals surface area contributed by atoms with Gasteiger partial charge in [-0.3, -0.25) is 0 Å². The zero-order chi connectivity index (χ0) is 13.1. The van der Waals surface area contributed by atoms with Crippen molar-refractivity contribution in [3.8, 4) is 5.75 Å². The van der Waals surface area contributed by atoms with E-state index in [1.54, 1.807) is 0 Å². The van der Waals surface area contributed by atoms with Crippen LogP contribution in [0.25, 0.3) is 0 Å². The Morgan fingerprint density at radius 3 is 2.41 bits per heavy atom. The fourth-order valence-electron chi connectivity index (χ4n) is 1.40. The minimum absolute atomic E-state index is 0.0927. The third-order valence-electron chi connectivity index (χ3n) is 2.37. The molecular weight excluding hydrogens is 267 g/mol. The van der Waals surface area contributed by atoms with Gasteiger partial charge in [0.1, 0.15) is 16.5 Å². The van der Waals surface area contributed by atoms with Crippen molar-refractivity contribution in [3.05, 3.63) is 24.0 Å². The van der Waals surface area contributed by atoms with Gasteiger partial charge in [0.15, 0.2) is 0 Å². The van der Waals surface area contributed by atoms with Crippen LogP contribution in [0.5, 0.6) is 5.75 Å². The Labute approximate surface area is 105 Å². The molecule has 0 N–H and O–H groups in total. The molecule has 0 heterocycles. The van der Waals surface area contributed by atoms with Crippen LogP contribution in [0.2, 0.25) is 0 Å². The molecule has 6 heteroatoms. The predicted octanol–water partition coefficient (Wildman–Crippen LogP) is 3.32. The van der Waals surface area contributed by atoms with E-state index in [9.17, 15) is 12.8 Å². The molecule has 0 unspecified atom stereocenters. The van der Waals surface area contributed by atoms with Crippen molar-refractivity contribution in [2.45, 2.75) is 37.7 Å². The van der Waals surface area contributed by atoms with E-state index in [1.165, 1.54) is 6.07 Å². The monoisotopic (exact) mass is 280 g/mol. The molecule has 3 nitrogen and oxygen atoms in total. The molecule has 0 aliphatic carbocycles. The number of rotatable bonds is 5. The van der Waals surface area contributed by atoms with Crippen LogP contribution < -0.4 is 4.74 Å².